The molecule has 0 unspecified atom stereocenters. The zero-order valence-electron chi connectivity index (χ0n) is 13.5. The van der Waals surface area contributed by atoms with E-state index in [1.165, 1.54) is 12.1 Å². The average molecular weight is 372 g/mol. The number of hydrogen-bond donors (Lipinski definition) is 0. The third-order valence-electron chi connectivity index (χ3n) is 2.73. The van der Waals surface area contributed by atoms with Crippen LogP contribution in [0.15, 0.2) is 65.6 Å². The van der Waals surface area contributed by atoms with Crippen LogP contribution in [0.2, 0.25) is 0 Å². The van der Waals surface area contributed by atoms with Gasteiger partial charge in [0.1, 0.15) is 5.75 Å². The molecule has 0 heterocycles. The highest BCUT2D eigenvalue weighted by Gasteiger charge is 2.11. The third-order valence-corrected chi connectivity index (χ3v) is 5.31. The molecule has 0 aliphatic heterocycles. The molecule has 2 aromatic rings. The van der Waals surface area contributed by atoms with E-state index in [-0.39, 0.29) is 17.3 Å². The van der Waals surface area contributed by atoms with Crippen LogP contribution in [-0.2, 0) is 34.4 Å². The maximum absolute atomic E-state index is 11.2. The van der Waals surface area contributed by atoms with Crippen molar-refractivity contribution >= 4 is 20.2 Å². The molecule has 0 atom stereocenters. The number of benzene rings is 2. The maximum Gasteiger partial charge on any atom is 0.296 e. The van der Waals surface area contributed by atoms with E-state index in [2.05, 4.69) is 8.37 Å². The lowest BCUT2D eigenvalue weighted by Gasteiger charge is -2.02. The van der Waals surface area contributed by atoms with Crippen LogP contribution < -0.4 is 0 Å². The normalized spacial score (nSPS) is 11.4. The minimum absolute atomic E-state index is 0.0539. The lowest BCUT2D eigenvalue weighted by molar-refractivity contribution is 0.337. The quantitative estimate of drug-likeness (QED) is 0.725. The van der Waals surface area contributed by atoms with Crippen LogP contribution in [0.5, 0.6) is 0 Å². The minimum Gasteiger partial charge on any atom is -0.270 e. The van der Waals surface area contributed by atoms with Crippen molar-refractivity contribution in [2.75, 3.05) is 13.7 Å². The molecule has 6 nitrogen and oxygen atoms in total. The van der Waals surface area contributed by atoms with Gasteiger partial charge in [0.2, 0.25) is 0 Å². The summed E-state index contributed by atoms with van der Waals surface area (Å²) in [5.41, 5.74) is 0.746. The Morgan fingerprint density at radius 3 is 1.79 bits per heavy atom. The van der Waals surface area contributed by atoms with Gasteiger partial charge in [0.05, 0.1) is 18.6 Å². The minimum atomic E-state index is -3.50. The lowest BCUT2D eigenvalue weighted by atomic mass is 10.2. The first-order valence-electron chi connectivity index (χ1n) is 7.07. The Morgan fingerprint density at radius 1 is 0.833 bits per heavy atom. The van der Waals surface area contributed by atoms with Gasteiger partial charge in [-0.25, -0.2) is 0 Å². The molecule has 0 aliphatic carbocycles. The van der Waals surface area contributed by atoms with Crippen molar-refractivity contribution in [3.05, 3.63) is 66.2 Å². The largest absolute Gasteiger partial charge is 0.296 e. The SMILES string of the molecule is CCOS(=O)(=O)Cc1ccccc1.COS(=O)(=O)c1ccccc1. The first kappa shape index (κ1) is 20.3. The highest BCUT2D eigenvalue weighted by Crippen LogP contribution is 2.09. The molecule has 8 heteroatoms. The summed E-state index contributed by atoms with van der Waals surface area (Å²) in [6.07, 6.45) is 0. The van der Waals surface area contributed by atoms with Crippen molar-refractivity contribution in [2.45, 2.75) is 17.6 Å². The monoisotopic (exact) mass is 372 g/mol. The fourth-order valence-electron chi connectivity index (χ4n) is 1.68. The second-order valence-corrected chi connectivity index (χ2v) is 7.88. The summed E-state index contributed by atoms with van der Waals surface area (Å²) in [6, 6.07) is 17.0. The van der Waals surface area contributed by atoms with Gasteiger partial charge in [0, 0.05) is 0 Å². The summed E-state index contributed by atoms with van der Waals surface area (Å²) >= 11 is 0. The fraction of sp³-hybridized carbons (Fsp3) is 0.250. The number of rotatable bonds is 6. The molecule has 0 aliphatic rings. The van der Waals surface area contributed by atoms with Crippen LogP contribution in [-0.4, -0.2) is 30.6 Å². The van der Waals surface area contributed by atoms with Gasteiger partial charge in [-0.3, -0.25) is 8.37 Å². The molecule has 0 aromatic heterocycles. The molecule has 132 valence electrons. The van der Waals surface area contributed by atoms with Crippen molar-refractivity contribution in [1.29, 1.82) is 0 Å². The average Bonchev–Trinajstić information content (AvgIpc) is 2.56. The zero-order chi connectivity index (χ0) is 18.1. The Hall–Kier alpha value is -1.74. The summed E-state index contributed by atoms with van der Waals surface area (Å²) in [4.78, 5) is 0.183. The first-order chi connectivity index (χ1) is 11.3. The van der Waals surface area contributed by atoms with Crippen molar-refractivity contribution < 1.29 is 25.2 Å². The van der Waals surface area contributed by atoms with Crippen molar-refractivity contribution in [3.8, 4) is 0 Å². The highest BCUT2D eigenvalue weighted by atomic mass is 32.2. The molecule has 0 amide bonds. The molecule has 0 radical (unpaired) electrons. The summed E-state index contributed by atoms with van der Waals surface area (Å²) in [7, 11) is -5.74. The predicted molar refractivity (Wildman–Crippen MR) is 91.3 cm³/mol. The molecule has 0 saturated carbocycles. The van der Waals surface area contributed by atoms with Crippen LogP contribution in [0.4, 0.5) is 0 Å². The van der Waals surface area contributed by atoms with Crippen LogP contribution in [0.1, 0.15) is 12.5 Å². The van der Waals surface area contributed by atoms with Gasteiger partial charge in [-0.2, -0.15) is 16.8 Å². The van der Waals surface area contributed by atoms with Gasteiger partial charge in [0.25, 0.3) is 20.2 Å². The van der Waals surface area contributed by atoms with Gasteiger partial charge in [-0.15, -0.1) is 0 Å². The molecule has 2 rings (SSSR count). The summed E-state index contributed by atoms with van der Waals surface area (Å²) in [6.45, 7) is 1.84. The Kier molecular flexibility index (Phi) is 8.06. The fourth-order valence-corrected chi connectivity index (χ4v) is 3.41. The molecule has 0 N–H and O–H groups in total. The third kappa shape index (κ3) is 7.22. The second-order valence-electron chi connectivity index (χ2n) is 4.53. The smallest absolute Gasteiger partial charge is 0.270 e. The molecular formula is C16H20O6S2. The van der Waals surface area contributed by atoms with E-state index in [4.69, 9.17) is 0 Å². The van der Waals surface area contributed by atoms with Crippen LogP contribution in [0.3, 0.4) is 0 Å². The standard InChI is InChI=1S/C9H12O3S.C7H8O3S/c1-2-12-13(10,11)8-9-6-4-3-5-7-9;1-10-11(8,9)7-5-3-2-4-6-7/h3-7H,2,8H2,1H3;2-6H,1H3. The van der Waals surface area contributed by atoms with Crippen LogP contribution >= 0.6 is 0 Å². The Labute approximate surface area is 143 Å². The van der Waals surface area contributed by atoms with Crippen LogP contribution in [0.25, 0.3) is 0 Å². The van der Waals surface area contributed by atoms with Gasteiger partial charge < -0.3 is 0 Å². The predicted octanol–water partition coefficient (Wildman–Crippen LogP) is 2.57. The Morgan fingerprint density at radius 2 is 1.33 bits per heavy atom. The van der Waals surface area contributed by atoms with Crippen LogP contribution in [0, 0.1) is 0 Å². The highest BCUT2D eigenvalue weighted by molar-refractivity contribution is 7.86. The molecule has 2 aromatic carbocycles. The number of hydrogen-bond acceptors (Lipinski definition) is 6. The molecule has 0 saturated heterocycles. The molecule has 0 spiro atoms. The van der Waals surface area contributed by atoms with Crippen molar-refractivity contribution in [1.82, 2.24) is 0 Å². The Bertz CT molecular complexity index is 800. The van der Waals surface area contributed by atoms with E-state index >= 15 is 0 Å². The lowest BCUT2D eigenvalue weighted by Crippen LogP contribution is -2.08. The first-order valence-corrected chi connectivity index (χ1v) is 10.1. The van der Waals surface area contributed by atoms with Crippen molar-refractivity contribution in [3.63, 3.8) is 0 Å². The Balaban J connectivity index is 0.000000243. The second kappa shape index (κ2) is 9.53. The van der Waals surface area contributed by atoms with E-state index in [1.54, 1.807) is 49.4 Å². The van der Waals surface area contributed by atoms with Gasteiger partial charge in [0.15, 0.2) is 0 Å². The summed E-state index contributed by atoms with van der Waals surface area (Å²) in [5.74, 6) is -0.0539. The summed E-state index contributed by atoms with van der Waals surface area (Å²) < 4.78 is 53.2. The van der Waals surface area contributed by atoms with E-state index in [0.717, 1.165) is 12.7 Å². The molecule has 0 bridgehead atoms. The van der Waals surface area contributed by atoms with Gasteiger partial charge >= 0.3 is 0 Å². The molecular weight excluding hydrogens is 352 g/mol. The van der Waals surface area contributed by atoms with E-state index in [1.807, 2.05) is 6.07 Å². The topological polar surface area (TPSA) is 86.7 Å². The van der Waals surface area contributed by atoms with E-state index in [9.17, 15) is 16.8 Å². The van der Waals surface area contributed by atoms with E-state index in [0.29, 0.717) is 0 Å². The molecule has 24 heavy (non-hydrogen) atoms. The van der Waals surface area contributed by atoms with E-state index < -0.39 is 20.2 Å². The summed E-state index contributed by atoms with van der Waals surface area (Å²) in [5, 5.41) is 0. The van der Waals surface area contributed by atoms with Gasteiger partial charge in [-0.1, -0.05) is 48.5 Å². The van der Waals surface area contributed by atoms with Gasteiger partial charge in [-0.05, 0) is 24.6 Å². The molecule has 0 fully saturated rings. The maximum atomic E-state index is 11.2. The zero-order valence-corrected chi connectivity index (χ0v) is 15.1. The van der Waals surface area contributed by atoms with Crippen molar-refractivity contribution in [2.24, 2.45) is 0 Å².